The van der Waals surface area contributed by atoms with Crippen molar-refractivity contribution in [3.8, 4) is 0 Å². The normalized spacial score (nSPS) is 37.1. The van der Waals surface area contributed by atoms with E-state index in [0.717, 1.165) is 0 Å². The summed E-state index contributed by atoms with van der Waals surface area (Å²) in [6.45, 7) is 5.57. The Morgan fingerprint density at radius 1 is 1.50 bits per heavy atom. The molecule has 2 saturated heterocycles. The summed E-state index contributed by atoms with van der Waals surface area (Å²) in [5.74, 6) is -0.281. The number of nitrogens with zero attached hydrogens (tertiary/aromatic N) is 1. The molecule has 3 heterocycles. The fourth-order valence-electron chi connectivity index (χ4n) is 2.82. The Hall–Kier alpha value is -1.25. The average molecular weight is 360 g/mol. The lowest BCUT2D eigenvalue weighted by molar-refractivity contribution is -0.0756. The van der Waals surface area contributed by atoms with Crippen LogP contribution < -0.4 is 11.2 Å². The minimum atomic E-state index is -3.66. The molecule has 0 bridgehead atoms. The number of rotatable bonds is 4. The summed E-state index contributed by atoms with van der Waals surface area (Å²) in [6, 6.07) is 1.24. The van der Waals surface area contributed by atoms with Gasteiger partial charge in [0.2, 0.25) is 0 Å². The van der Waals surface area contributed by atoms with Gasteiger partial charge in [0.1, 0.15) is 18.4 Å². The van der Waals surface area contributed by atoms with E-state index in [1.54, 1.807) is 6.92 Å². The summed E-state index contributed by atoms with van der Waals surface area (Å²) in [5, 5.41) is 0. The van der Waals surface area contributed by atoms with Crippen molar-refractivity contribution in [3.05, 3.63) is 33.1 Å². The van der Waals surface area contributed by atoms with Crippen LogP contribution in [0.15, 0.2) is 21.9 Å². The Balaban J connectivity index is 1.80. The van der Waals surface area contributed by atoms with Gasteiger partial charge < -0.3 is 4.74 Å². The molecule has 10 heteroatoms. The van der Waals surface area contributed by atoms with E-state index >= 15 is 0 Å². The number of aromatic nitrogens is 2. The number of hydrogen-bond donors (Lipinski definition) is 1. The van der Waals surface area contributed by atoms with Gasteiger partial charge in [-0.1, -0.05) is 13.8 Å². The van der Waals surface area contributed by atoms with Crippen LogP contribution in [0.4, 0.5) is 0 Å². The Bertz CT molecular complexity index is 760. The predicted octanol–water partition coefficient (Wildman–Crippen LogP) is 1.41. The van der Waals surface area contributed by atoms with E-state index in [4.69, 9.17) is 18.3 Å². The lowest BCUT2D eigenvalue weighted by Gasteiger charge is -2.32. The lowest BCUT2D eigenvalue weighted by atomic mass is 10.0. The molecule has 24 heavy (non-hydrogen) atoms. The van der Waals surface area contributed by atoms with Crippen LogP contribution in [0.2, 0.25) is 0 Å². The lowest BCUT2D eigenvalue weighted by Crippen LogP contribution is -2.37. The smallest absolute Gasteiger partial charge is 0.349 e. The minimum absolute atomic E-state index is 0.0529. The second-order valence-electron chi connectivity index (χ2n) is 6.08. The first-order chi connectivity index (χ1) is 11.3. The van der Waals surface area contributed by atoms with Crippen LogP contribution >= 0.6 is 7.82 Å². The summed E-state index contributed by atoms with van der Waals surface area (Å²) in [4.78, 5) is 25.4. The maximum atomic E-state index is 12.6. The molecule has 0 spiro atoms. The molecule has 0 aromatic carbocycles. The second kappa shape index (κ2) is 6.57. The molecular formula is C14H21N2O7P. The maximum Gasteiger partial charge on any atom is 0.475 e. The molecule has 2 fully saturated rings. The van der Waals surface area contributed by atoms with Gasteiger partial charge in [-0.15, -0.1) is 0 Å². The molecule has 0 saturated carbocycles. The van der Waals surface area contributed by atoms with E-state index in [-0.39, 0.29) is 18.6 Å². The number of phosphoric acid groups is 1. The zero-order valence-electron chi connectivity index (χ0n) is 13.7. The molecule has 1 aromatic heterocycles. The molecule has 1 N–H and O–H groups in total. The summed E-state index contributed by atoms with van der Waals surface area (Å²) >= 11 is 0. The van der Waals surface area contributed by atoms with E-state index < -0.39 is 37.5 Å². The van der Waals surface area contributed by atoms with Crippen LogP contribution in [0.1, 0.15) is 33.4 Å². The van der Waals surface area contributed by atoms with E-state index in [0.29, 0.717) is 6.42 Å². The highest BCUT2D eigenvalue weighted by atomic mass is 31.2. The molecule has 6 atom stereocenters. The SMILES string of the molecule is CC[C@H](C)O[P@]1(=O)OC[C@H]2O[C@@H](n3ccc(=O)[nH]c3=O)[C@@H](C)[C@@H]2O1. The van der Waals surface area contributed by atoms with Crippen LogP contribution in [-0.2, 0) is 22.9 Å². The molecule has 134 valence electrons. The third-order valence-electron chi connectivity index (χ3n) is 4.31. The highest BCUT2D eigenvalue weighted by Crippen LogP contribution is 2.58. The van der Waals surface area contributed by atoms with Crippen LogP contribution in [0, 0.1) is 5.92 Å². The van der Waals surface area contributed by atoms with Crippen LogP contribution in [0.3, 0.4) is 0 Å². The number of hydrogen-bond acceptors (Lipinski definition) is 7. The predicted molar refractivity (Wildman–Crippen MR) is 83.7 cm³/mol. The first-order valence-electron chi connectivity index (χ1n) is 7.91. The quantitative estimate of drug-likeness (QED) is 0.809. The second-order valence-corrected chi connectivity index (χ2v) is 7.65. The monoisotopic (exact) mass is 360 g/mol. The standard InChI is InChI=1S/C14H21N2O7P/c1-4-8(2)22-24(19)20-7-10-12(23-24)9(3)13(21-10)16-6-5-11(17)15-14(16)18/h5-6,8-10,12-13H,4,7H2,1-3H3,(H,15,17,18)/t8-,9-,10+,12-,13+,24-/m0/s1. The third-order valence-corrected chi connectivity index (χ3v) is 5.89. The zero-order valence-corrected chi connectivity index (χ0v) is 14.6. The molecule has 0 radical (unpaired) electrons. The van der Waals surface area contributed by atoms with E-state index in [9.17, 15) is 14.2 Å². The molecule has 1 aromatic rings. The largest absolute Gasteiger partial charge is 0.475 e. The fraction of sp³-hybridized carbons (Fsp3) is 0.714. The van der Waals surface area contributed by atoms with Gasteiger partial charge in [0, 0.05) is 18.2 Å². The molecule has 2 aliphatic rings. The summed E-state index contributed by atoms with van der Waals surface area (Å²) in [5.41, 5.74) is -1.05. The number of phosphoric ester groups is 1. The fourth-order valence-corrected chi connectivity index (χ4v) is 4.54. The third kappa shape index (κ3) is 3.27. The summed E-state index contributed by atoms with van der Waals surface area (Å²) in [6.07, 6.45) is 0.136. The van der Waals surface area contributed by atoms with Crippen molar-refractivity contribution in [2.75, 3.05) is 6.61 Å². The summed E-state index contributed by atoms with van der Waals surface area (Å²) in [7, 11) is -3.66. The Morgan fingerprint density at radius 2 is 2.25 bits per heavy atom. The Kier molecular flexibility index (Phi) is 4.81. The van der Waals surface area contributed by atoms with Gasteiger partial charge in [-0.05, 0) is 13.3 Å². The maximum absolute atomic E-state index is 12.6. The van der Waals surface area contributed by atoms with Gasteiger partial charge in [-0.3, -0.25) is 27.9 Å². The van der Waals surface area contributed by atoms with Crippen molar-refractivity contribution in [1.82, 2.24) is 9.55 Å². The van der Waals surface area contributed by atoms with Gasteiger partial charge in [0.05, 0.1) is 12.7 Å². The van der Waals surface area contributed by atoms with Crippen molar-refractivity contribution in [2.24, 2.45) is 5.92 Å². The minimum Gasteiger partial charge on any atom is -0.349 e. The van der Waals surface area contributed by atoms with E-state index in [2.05, 4.69) is 4.98 Å². The molecule has 0 unspecified atom stereocenters. The van der Waals surface area contributed by atoms with Gasteiger partial charge in [-0.2, -0.15) is 0 Å². The zero-order chi connectivity index (χ0) is 17.5. The highest BCUT2D eigenvalue weighted by Gasteiger charge is 2.52. The summed E-state index contributed by atoms with van der Waals surface area (Å²) < 4.78 is 36.0. The Morgan fingerprint density at radius 3 is 2.92 bits per heavy atom. The van der Waals surface area contributed by atoms with Gasteiger partial charge >= 0.3 is 13.5 Å². The number of ether oxygens (including phenoxy) is 1. The van der Waals surface area contributed by atoms with Gasteiger partial charge in [0.25, 0.3) is 5.56 Å². The average Bonchev–Trinajstić information content (AvgIpc) is 2.83. The van der Waals surface area contributed by atoms with Crippen molar-refractivity contribution in [3.63, 3.8) is 0 Å². The van der Waals surface area contributed by atoms with Crippen molar-refractivity contribution in [2.45, 2.75) is 51.7 Å². The topological polar surface area (TPSA) is 109 Å². The van der Waals surface area contributed by atoms with Crippen LogP contribution in [0.5, 0.6) is 0 Å². The van der Waals surface area contributed by atoms with Gasteiger partial charge in [0.15, 0.2) is 0 Å². The van der Waals surface area contributed by atoms with E-state index in [1.165, 1.54) is 16.8 Å². The number of fused-ring (bicyclic) bond motifs is 1. The number of nitrogens with one attached hydrogen (secondary N) is 1. The first-order valence-corrected chi connectivity index (χ1v) is 9.37. The van der Waals surface area contributed by atoms with Crippen LogP contribution in [0.25, 0.3) is 0 Å². The number of H-pyrrole nitrogens is 1. The van der Waals surface area contributed by atoms with E-state index in [1.807, 2.05) is 13.8 Å². The Labute approximate surface area is 138 Å². The van der Waals surface area contributed by atoms with Gasteiger partial charge in [-0.25, -0.2) is 9.36 Å². The van der Waals surface area contributed by atoms with Crippen LogP contribution in [-0.4, -0.2) is 34.5 Å². The molecule has 9 nitrogen and oxygen atoms in total. The molecule has 0 amide bonds. The molecule has 0 aliphatic carbocycles. The number of aromatic amines is 1. The first kappa shape index (κ1) is 17.6. The van der Waals surface area contributed by atoms with Crippen molar-refractivity contribution < 1.29 is 22.9 Å². The molecule has 2 aliphatic heterocycles. The van der Waals surface area contributed by atoms with Crippen molar-refractivity contribution >= 4 is 7.82 Å². The molecule has 3 rings (SSSR count). The highest BCUT2D eigenvalue weighted by molar-refractivity contribution is 7.48. The molecular weight excluding hydrogens is 339 g/mol. The van der Waals surface area contributed by atoms with Crippen molar-refractivity contribution in [1.29, 1.82) is 0 Å².